The molecule has 0 aliphatic carbocycles. The van der Waals surface area contributed by atoms with E-state index in [2.05, 4.69) is 15.2 Å². The summed E-state index contributed by atoms with van der Waals surface area (Å²) in [6.45, 7) is 5.55. The number of nitrogens with one attached hydrogen (secondary N) is 2. The van der Waals surface area contributed by atoms with Crippen LogP contribution >= 0.6 is 0 Å². The number of nitrogens with zero attached hydrogens (tertiary/aromatic N) is 1. The van der Waals surface area contributed by atoms with E-state index >= 15 is 0 Å². The zero-order valence-corrected chi connectivity index (χ0v) is 13.5. The molecule has 0 fully saturated rings. The number of aromatic amines is 2. The number of H-pyrrole nitrogens is 2. The van der Waals surface area contributed by atoms with Crippen molar-refractivity contribution in [3.8, 4) is 5.88 Å². The lowest BCUT2D eigenvalue weighted by Crippen LogP contribution is -2.08. The zero-order valence-electron chi connectivity index (χ0n) is 13.5. The molecule has 3 rings (SSSR count). The molecule has 0 radical (unpaired) electrons. The predicted molar refractivity (Wildman–Crippen MR) is 91.2 cm³/mol. The van der Waals surface area contributed by atoms with Gasteiger partial charge in [0.1, 0.15) is 5.56 Å². The molecule has 0 spiro atoms. The Morgan fingerprint density at radius 1 is 1.33 bits per heavy atom. The summed E-state index contributed by atoms with van der Waals surface area (Å²) in [5.74, 6) is -0.635. The minimum Gasteiger partial charge on any atom is -0.478 e. The van der Waals surface area contributed by atoms with Gasteiger partial charge < -0.3 is 9.84 Å². The SMILES string of the molecule is CC1=Nc2cc(C(=O)O)ccc2C1=Cc1c(OC(C)C)[nH][nH]c1=O. The first kappa shape index (κ1) is 15.8. The third-order valence-corrected chi connectivity index (χ3v) is 3.63. The molecule has 7 nitrogen and oxygen atoms in total. The highest BCUT2D eigenvalue weighted by molar-refractivity contribution is 6.31. The van der Waals surface area contributed by atoms with E-state index in [4.69, 9.17) is 9.84 Å². The fourth-order valence-corrected chi connectivity index (χ4v) is 2.56. The van der Waals surface area contributed by atoms with Gasteiger partial charge in [0.15, 0.2) is 0 Å². The van der Waals surface area contributed by atoms with Crippen molar-refractivity contribution in [1.29, 1.82) is 0 Å². The molecular weight excluding hydrogens is 310 g/mol. The van der Waals surface area contributed by atoms with Gasteiger partial charge in [-0.25, -0.2) is 4.79 Å². The van der Waals surface area contributed by atoms with Gasteiger partial charge in [-0.3, -0.25) is 20.0 Å². The number of rotatable bonds is 4. The van der Waals surface area contributed by atoms with E-state index in [0.717, 1.165) is 11.1 Å². The summed E-state index contributed by atoms with van der Waals surface area (Å²) in [4.78, 5) is 27.5. The number of aliphatic imine (C=N–C) groups is 1. The summed E-state index contributed by atoms with van der Waals surface area (Å²) in [6, 6.07) is 4.75. The Kier molecular flexibility index (Phi) is 3.84. The van der Waals surface area contributed by atoms with Crippen LogP contribution in [0.1, 0.15) is 42.3 Å². The summed E-state index contributed by atoms with van der Waals surface area (Å²) in [6.07, 6.45) is 1.62. The number of ether oxygens (including phenoxy) is 1. The van der Waals surface area contributed by atoms with Gasteiger partial charge in [0.25, 0.3) is 5.56 Å². The minimum absolute atomic E-state index is 0.0858. The number of fused-ring (bicyclic) bond motifs is 1. The molecule has 0 saturated heterocycles. The van der Waals surface area contributed by atoms with Crippen molar-refractivity contribution in [2.45, 2.75) is 26.9 Å². The zero-order chi connectivity index (χ0) is 17.4. The van der Waals surface area contributed by atoms with Crippen LogP contribution < -0.4 is 10.3 Å². The molecular formula is C17H17N3O4. The highest BCUT2D eigenvalue weighted by atomic mass is 16.5. The maximum Gasteiger partial charge on any atom is 0.335 e. The van der Waals surface area contributed by atoms with Crippen LogP contribution in [-0.2, 0) is 0 Å². The molecule has 0 saturated carbocycles. The van der Waals surface area contributed by atoms with Gasteiger partial charge in [0.05, 0.1) is 17.4 Å². The topological polar surface area (TPSA) is 108 Å². The molecule has 2 heterocycles. The molecule has 0 bridgehead atoms. The van der Waals surface area contributed by atoms with E-state index in [1.807, 2.05) is 20.8 Å². The van der Waals surface area contributed by atoms with Gasteiger partial charge in [-0.2, -0.15) is 0 Å². The first-order valence-electron chi connectivity index (χ1n) is 7.49. The monoisotopic (exact) mass is 327 g/mol. The molecule has 0 atom stereocenters. The maximum absolute atomic E-state index is 12.0. The van der Waals surface area contributed by atoms with Crippen LogP contribution in [0.2, 0.25) is 0 Å². The lowest BCUT2D eigenvalue weighted by molar-refractivity contribution is 0.0697. The van der Waals surface area contributed by atoms with E-state index in [1.165, 1.54) is 12.1 Å². The molecule has 0 unspecified atom stereocenters. The van der Waals surface area contributed by atoms with Crippen molar-refractivity contribution < 1.29 is 14.6 Å². The second-order valence-corrected chi connectivity index (χ2v) is 5.78. The normalized spacial score (nSPS) is 14.8. The number of hydrogen-bond acceptors (Lipinski definition) is 4. The highest BCUT2D eigenvalue weighted by Crippen LogP contribution is 2.37. The number of benzene rings is 1. The van der Waals surface area contributed by atoms with E-state index in [1.54, 1.807) is 12.1 Å². The molecule has 24 heavy (non-hydrogen) atoms. The Hall–Kier alpha value is -3.09. The number of carbonyl (C=O) groups is 1. The smallest absolute Gasteiger partial charge is 0.335 e. The summed E-state index contributed by atoms with van der Waals surface area (Å²) in [7, 11) is 0. The van der Waals surface area contributed by atoms with Crippen LogP contribution in [0.4, 0.5) is 5.69 Å². The van der Waals surface area contributed by atoms with Gasteiger partial charge in [-0.1, -0.05) is 6.07 Å². The summed E-state index contributed by atoms with van der Waals surface area (Å²) in [5.41, 5.74) is 3.11. The Labute approximate surface area is 137 Å². The lowest BCUT2D eigenvalue weighted by atomic mass is 10.00. The van der Waals surface area contributed by atoms with Gasteiger partial charge in [-0.05, 0) is 39.0 Å². The third kappa shape index (κ3) is 2.76. The number of aromatic carboxylic acids is 1. The van der Waals surface area contributed by atoms with Gasteiger partial charge in [0, 0.05) is 16.8 Å². The predicted octanol–water partition coefficient (Wildman–Crippen LogP) is 2.83. The average Bonchev–Trinajstić information content (AvgIpc) is 3.00. The number of carboxylic acids is 1. The number of hydrogen-bond donors (Lipinski definition) is 3. The van der Waals surface area contributed by atoms with Crippen molar-refractivity contribution in [3.63, 3.8) is 0 Å². The van der Waals surface area contributed by atoms with Crippen LogP contribution in [-0.4, -0.2) is 33.1 Å². The third-order valence-electron chi connectivity index (χ3n) is 3.63. The van der Waals surface area contributed by atoms with Gasteiger partial charge >= 0.3 is 5.97 Å². The van der Waals surface area contributed by atoms with Gasteiger partial charge in [-0.15, -0.1) is 0 Å². The van der Waals surface area contributed by atoms with E-state index in [9.17, 15) is 9.59 Å². The Balaban J connectivity index is 2.08. The number of aromatic nitrogens is 2. The van der Waals surface area contributed by atoms with Crippen LogP contribution in [0.25, 0.3) is 11.6 Å². The molecule has 7 heteroatoms. The standard InChI is InChI=1S/C17H17N3O4/c1-8(2)24-16-13(15(21)19-20-16)7-12-9(3)18-14-6-10(17(22)23)4-5-11(12)14/h4-8H,1-3H3,(H,22,23)(H2,19,20,21). The molecule has 124 valence electrons. The van der Waals surface area contributed by atoms with Gasteiger partial charge in [0.2, 0.25) is 5.88 Å². The molecule has 3 N–H and O–H groups in total. The summed E-state index contributed by atoms with van der Waals surface area (Å²) < 4.78 is 5.60. The van der Waals surface area contributed by atoms with Crippen LogP contribution in [0.15, 0.2) is 28.0 Å². The molecule has 0 amide bonds. The quantitative estimate of drug-likeness (QED) is 0.802. The van der Waals surface area contributed by atoms with Crippen LogP contribution in [0.3, 0.4) is 0 Å². The lowest BCUT2D eigenvalue weighted by Gasteiger charge is -2.08. The minimum atomic E-state index is -1.00. The first-order chi connectivity index (χ1) is 11.4. The second kappa shape index (κ2) is 5.84. The molecule has 1 aliphatic heterocycles. The molecule has 2 aromatic rings. The van der Waals surface area contributed by atoms with E-state index < -0.39 is 5.97 Å². The Morgan fingerprint density at radius 3 is 2.75 bits per heavy atom. The van der Waals surface area contributed by atoms with Crippen molar-refractivity contribution in [2.75, 3.05) is 0 Å². The molecule has 1 aromatic heterocycles. The van der Waals surface area contributed by atoms with Crippen molar-refractivity contribution >= 4 is 29.0 Å². The van der Waals surface area contributed by atoms with Crippen molar-refractivity contribution in [2.24, 2.45) is 4.99 Å². The van der Waals surface area contributed by atoms with Crippen molar-refractivity contribution in [3.05, 3.63) is 45.2 Å². The fourth-order valence-electron chi connectivity index (χ4n) is 2.56. The summed E-state index contributed by atoms with van der Waals surface area (Å²) in [5, 5.41) is 14.3. The van der Waals surface area contributed by atoms with E-state index in [-0.39, 0.29) is 17.2 Å². The largest absolute Gasteiger partial charge is 0.478 e. The highest BCUT2D eigenvalue weighted by Gasteiger charge is 2.21. The fraction of sp³-hybridized carbons (Fsp3) is 0.235. The Morgan fingerprint density at radius 2 is 2.08 bits per heavy atom. The molecule has 1 aliphatic rings. The number of carboxylic acid groups (broad SMARTS) is 1. The number of allylic oxidation sites excluding steroid dienone is 1. The first-order valence-corrected chi connectivity index (χ1v) is 7.49. The molecule has 1 aromatic carbocycles. The second-order valence-electron chi connectivity index (χ2n) is 5.78. The van der Waals surface area contributed by atoms with Crippen LogP contribution in [0.5, 0.6) is 5.88 Å². The van der Waals surface area contributed by atoms with E-state index in [0.29, 0.717) is 22.8 Å². The summed E-state index contributed by atoms with van der Waals surface area (Å²) >= 11 is 0. The maximum atomic E-state index is 12.0. The van der Waals surface area contributed by atoms with Crippen molar-refractivity contribution in [1.82, 2.24) is 10.2 Å². The Bertz CT molecular complexity index is 932. The average molecular weight is 327 g/mol. The van der Waals surface area contributed by atoms with Crippen LogP contribution in [0, 0.1) is 0 Å².